The summed E-state index contributed by atoms with van der Waals surface area (Å²) in [5.41, 5.74) is 1.40. The van der Waals surface area contributed by atoms with Crippen LogP contribution in [0, 0.1) is 0 Å². The molecule has 0 atom stereocenters. The second kappa shape index (κ2) is 5.94. The Labute approximate surface area is 99.2 Å². The molecule has 15 heavy (non-hydrogen) atoms. The lowest BCUT2D eigenvalue weighted by Crippen LogP contribution is -2.38. The summed E-state index contributed by atoms with van der Waals surface area (Å²) in [6, 6.07) is 10.5. The van der Waals surface area contributed by atoms with E-state index >= 15 is 0 Å². The van der Waals surface area contributed by atoms with Crippen LogP contribution in [0.5, 0.6) is 0 Å². The van der Waals surface area contributed by atoms with Crippen LogP contribution in [0.4, 0.5) is 0 Å². The molecule has 2 heteroatoms. The molecule has 0 saturated heterocycles. The highest BCUT2D eigenvalue weighted by Gasteiger charge is 2.24. The van der Waals surface area contributed by atoms with Gasteiger partial charge in [0, 0.05) is 12.1 Å². The first kappa shape index (κ1) is 14.2. The van der Waals surface area contributed by atoms with Gasteiger partial charge in [0.15, 0.2) is 0 Å². The third-order valence-corrected chi connectivity index (χ3v) is 2.84. The molecule has 0 aliphatic rings. The Hall–Kier alpha value is -0.790. The first-order chi connectivity index (χ1) is 6.59. The van der Waals surface area contributed by atoms with Crippen molar-refractivity contribution in [1.82, 2.24) is 4.90 Å². The van der Waals surface area contributed by atoms with Crippen LogP contribution in [0.15, 0.2) is 43.0 Å². The van der Waals surface area contributed by atoms with Crippen molar-refractivity contribution in [3.05, 3.63) is 48.6 Å². The predicted octanol–water partition coefficient (Wildman–Crippen LogP) is 3.46. The zero-order chi connectivity index (χ0) is 10.6. The molecular formula is C13H20ClN. The fourth-order valence-corrected chi connectivity index (χ4v) is 1.49. The van der Waals surface area contributed by atoms with Gasteiger partial charge in [-0.1, -0.05) is 36.4 Å². The molecule has 0 fully saturated rings. The minimum absolute atomic E-state index is 0. The Bertz CT molecular complexity index is 293. The number of likely N-dealkylation sites (N-methyl/N-ethyl adjacent to an activating group) is 1. The molecule has 1 rings (SSSR count). The van der Waals surface area contributed by atoms with Gasteiger partial charge in [-0.2, -0.15) is 0 Å². The van der Waals surface area contributed by atoms with E-state index < -0.39 is 0 Å². The van der Waals surface area contributed by atoms with E-state index in [2.05, 4.69) is 56.6 Å². The molecule has 0 radical (unpaired) electrons. The van der Waals surface area contributed by atoms with Crippen LogP contribution >= 0.6 is 12.4 Å². The van der Waals surface area contributed by atoms with Gasteiger partial charge in [0.1, 0.15) is 0 Å². The van der Waals surface area contributed by atoms with Gasteiger partial charge in [0.05, 0.1) is 0 Å². The molecule has 0 aliphatic carbocycles. The highest BCUT2D eigenvalue weighted by atomic mass is 35.5. The molecule has 0 N–H and O–H groups in total. The Balaban J connectivity index is 0.00000196. The average molecular weight is 226 g/mol. The van der Waals surface area contributed by atoms with Crippen molar-refractivity contribution in [3.63, 3.8) is 0 Å². The summed E-state index contributed by atoms with van der Waals surface area (Å²) in [4.78, 5) is 2.29. The number of hydrogen-bond acceptors (Lipinski definition) is 1. The molecule has 0 aliphatic heterocycles. The normalized spacial score (nSPS) is 10.9. The average Bonchev–Trinajstić information content (AvgIpc) is 2.19. The number of hydrogen-bond donors (Lipinski definition) is 0. The largest absolute Gasteiger partial charge is 0.294 e. The van der Waals surface area contributed by atoms with Crippen LogP contribution in [0.3, 0.4) is 0 Å². The van der Waals surface area contributed by atoms with Gasteiger partial charge >= 0.3 is 0 Å². The maximum absolute atomic E-state index is 3.77. The Kier molecular flexibility index (Phi) is 5.63. The summed E-state index contributed by atoms with van der Waals surface area (Å²) in [7, 11) is 2.12. The summed E-state index contributed by atoms with van der Waals surface area (Å²) in [6.45, 7) is 9.13. The van der Waals surface area contributed by atoms with Gasteiger partial charge in [0.25, 0.3) is 0 Å². The molecule has 0 spiro atoms. The number of halogens is 1. The zero-order valence-electron chi connectivity index (χ0n) is 9.73. The Morgan fingerprint density at radius 3 is 2.27 bits per heavy atom. The summed E-state index contributed by atoms with van der Waals surface area (Å²) >= 11 is 0. The van der Waals surface area contributed by atoms with Gasteiger partial charge < -0.3 is 0 Å². The standard InChI is InChI=1S/C13H19N.ClH/c1-5-11-14(4)13(2,3)12-9-7-6-8-10-12;/h5-10H,1,11H2,2-4H3;1H. The molecule has 0 saturated carbocycles. The second-order valence-electron chi connectivity index (χ2n) is 4.09. The molecule has 0 amide bonds. The maximum Gasteiger partial charge on any atom is 0.0404 e. The van der Waals surface area contributed by atoms with E-state index in [-0.39, 0.29) is 17.9 Å². The van der Waals surface area contributed by atoms with Crippen molar-refractivity contribution in [2.75, 3.05) is 13.6 Å². The first-order valence-electron chi connectivity index (χ1n) is 4.96. The summed E-state index contributed by atoms with van der Waals surface area (Å²) in [5.74, 6) is 0. The van der Waals surface area contributed by atoms with Crippen molar-refractivity contribution < 1.29 is 0 Å². The van der Waals surface area contributed by atoms with E-state index in [1.165, 1.54) is 5.56 Å². The van der Waals surface area contributed by atoms with Crippen LogP contribution in [-0.4, -0.2) is 18.5 Å². The molecule has 1 aromatic carbocycles. The lowest BCUT2D eigenvalue weighted by Gasteiger charge is -2.35. The molecule has 1 nitrogen and oxygen atoms in total. The lowest BCUT2D eigenvalue weighted by molar-refractivity contribution is 0.175. The van der Waals surface area contributed by atoms with E-state index in [0.717, 1.165) is 6.54 Å². The highest BCUT2D eigenvalue weighted by molar-refractivity contribution is 5.85. The Morgan fingerprint density at radius 2 is 1.80 bits per heavy atom. The summed E-state index contributed by atoms with van der Waals surface area (Å²) in [5, 5.41) is 0. The van der Waals surface area contributed by atoms with Crippen LogP contribution in [-0.2, 0) is 5.54 Å². The maximum atomic E-state index is 3.77. The van der Waals surface area contributed by atoms with E-state index in [1.54, 1.807) is 0 Å². The third kappa shape index (κ3) is 3.37. The fraction of sp³-hybridized carbons (Fsp3) is 0.385. The quantitative estimate of drug-likeness (QED) is 0.710. The second-order valence-corrected chi connectivity index (χ2v) is 4.09. The first-order valence-corrected chi connectivity index (χ1v) is 4.96. The van der Waals surface area contributed by atoms with Crippen molar-refractivity contribution in [2.24, 2.45) is 0 Å². The van der Waals surface area contributed by atoms with Gasteiger partial charge in [-0.25, -0.2) is 0 Å². The Morgan fingerprint density at radius 1 is 1.27 bits per heavy atom. The number of benzene rings is 1. The minimum Gasteiger partial charge on any atom is -0.294 e. The van der Waals surface area contributed by atoms with Crippen molar-refractivity contribution in [1.29, 1.82) is 0 Å². The summed E-state index contributed by atoms with van der Waals surface area (Å²) in [6.07, 6.45) is 1.94. The molecule has 0 bridgehead atoms. The van der Waals surface area contributed by atoms with Crippen LogP contribution in [0.2, 0.25) is 0 Å². The van der Waals surface area contributed by atoms with Crippen molar-refractivity contribution in [2.45, 2.75) is 19.4 Å². The minimum atomic E-state index is 0. The molecule has 1 aromatic rings. The topological polar surface area (TPSA) is 3.24 Å². The van der Waals surface area contributed by atoms with Gasteiger partial charge in [0.2, 0.25) is 0 Å². The molecular weight excluding hydrogens is 206 g/mol. The third-order valence-electron chi connectivity index (χ3n) is 2.84. The van der Waals surface area contributed by atoms with Crippen LogP contribution in [0.1, 0.15) is 19.4 Å². The van der Waals surface area contributed by atoms with Crippen molar-refractivity contribution in [3.8, 4) is 0 Å². The SMILES string of the molecule is C=CCN(C)C(C)(C)c1ccccc1.Cl. The smallest absolute Gasteiger partial charge is 0.0404 e. The van der Waals surface area contributed by atoms with Crippen molar-refractivity contribution >= 4 is 12.4 Å². The van der Waals surface area contributed by atoms with Crippen LogP contribution in [0.25, 0.3) is 0 Å². The number of nitrogens with zero attached hydrogens (tertiary/aromatic N) is 1. The van der Waals surface area contributed by atoms with E-state index in [4.69, 9.17) is 0 Å². The lowest BCUT2D eigenvalue weighted by atomic mass is 9.93. The van der Waals surface area contributed by atoms with Gasteiger partial charge in [-0.05, 0) is 26.5 Å². The highest BCUT2D eigenvalue weighted by Crippen LogP contribution is 2.25. The zero-order valence-corrected chi connectivity index (χ0v) is 10.6. The number of rotatable bonds is 4. The molecule has 0 heterocycles. The summed E-state index contributed by atoms with van der Waals surface area (Å²) < 4.78 is 0. The van der Waals surface area contributed by atoms with E-state index in [1.807, 2.05) is 12.1 Å². The molecule has 0 unspecified atom stereocenters. The van der Waals surface area contributed by atoms with Gasteiger partial charge in [-0.3, -0.25) is 4.90 Å². The fourth-order valence-electron chi connectivity index (χ4n) is 1.49. The predicted molar refractivity (Wildman–Crippen MR) is 69.5 cm³/mol. The van der Waals surface area contributed by atoms with E-state index in [0.29, 0.717) is 0 Å². The van der Waals surface area contributed by atoms with E-state index in [9.17, 15) is 0 Å². The monoisotopic (exact) mass is 225 g/mol. The van der Waals surface area contributed by atoms with Crippen LogP contribution < -0.4 is 0 Å². The van der Waals surface area contributed by atoms with Gasteiger partial charge in [-0.15, -0.1) is 19.0 Å². The molecule has 84 valence electrons. The molecule has 0 aromatic heterocycles.